The number of aryl methyl sites for hydroxylation is 1. The number of nitrogens with zero attached hydrogens (tertiary/aromatic N) is 2. The number of amides is 3. The fourth-order valence-corrected chi connectivity index (χ4v) is 3.77. The van der Waals surface area contributed by atoms with Gasteiger partial charge in [0, 0.05) is 37.3 Å². The van der Waals surface area contributed by atoms with Crippen molar-refractivity contribution in [2.45, 2.75) is 19.4 Å². The minimum Gasteiger partial charge on any atom is -0.481 e. The minimum absolute atomic E-state index is 0.0951. The summed E-state index contributed by atoms with van der Waals surface area (Å²) in [5.41, 5.74) is 7.95. The van der Waals surface area contributed by atoms with Gasteiger partial charge < -0.3 is 26.0 Å². The number of rotatable bonds is 9. The minimum atomic E-state index is -1.06. The van der Waals surface area contributed by atoms with E-state index in [9.17, 15) is 24.3 Å². The van der Waals surface area contributed by atoms with E-state index >= 15 is 0 Å². The standard InChI is InChI=1S/C24H27N5O5/c1-15-2-4-16(5-3-15)19(14-20(30)31)29-13-12-28(23(33)24(29)34)11-10-27-22(32)18-8-6-17(7-9-18)21(25)26/h2-9,19H,10-14H2,1H3,(H3,25,26)(H,27,32)(H,30,31). The van der Waals surface area contributed by atoms with Gasteiger partial charge in [-0.05, 0) is 24.6 Å². The maximum atomic E-state index is 12.8. The number of nitrogen functional groups attached to an aromatic ring is 1. The molecule has 0 spiro atoms. The van der Waals surface area contributed by atoms with Gasteiger partial charge in [-0.2, -0.15) is 0 Å². The lowest BCUT2D eigenvalue weighted by atomic mass is 9.99. The van der Waals surface area contributed by atoms with E-state index in [4.69, 9.17) is 11.1 Å². The zero-order valence-corrected chi connectivity index (χ0v) is 18.8. The molecule has 3 rings (SSSR count). The Hall–Kier alpha value is -4.21. The largest absolute Gasteiger partial charge is 0.481 e. The molecule has 1 aliphatic rings. The van der Waals surface area contributed by atoms with Crippen LogP contribution in [0.4, 0.5) is 0 Å². The van der Waals surface area contributed by atoms with E-state index < -0.39 is 23.8 Å². The molecular weight excluding hydrogens is 438 g/mol. The van der Waals surface area contributed by atoms with Crippen LogP contribution in [0.5, 0.6) is 0 Å². The maximum Gasteiger partial charge on any atom is 0.312 e. The maximum absolute atomic E-state index is 12.8. The van der Waals surface area contributed by atoms with Gasteiger partial charge in [0.05, 0.1) is 12.5 Å². The number of carboxylic acid groups (broad SMARTS) is 1. The van der Waals surface area contributed by atoms with Crippen LogP contribution in [0.2, 0.25) is 0 Å². The molecule has 10 heteroatoms. The van der Waals surface area contributed by atoms with Crippen molar-refractivity contribution >= 4 is 29.5 Å². The molecule has 178 valence electrons. The Labute approximate surface area is 196 Å². The predicted octanol–water partition coefficient (Wildman–Crippen LogP) is 0.896. The van der Waals surface area contributed by atoms with Crippen LogP contribution in [0, 0.1) is 12.3 Å². The van der Waals surface area contributed by atoms with Crippen LogP contribution in [0.15, 0.2) is 48.5 Å². The van der Waals surface area contributed by atoms with Gasteiger partial charge >= 0.3 is 17.8 Å². The van der Waals surface area contributed by atoms with Gasteiger partial charge in [-0.3, -0.25) is 24.6 Å². The van der Waals surface area contributed by atoms with Gasteiger partial charge in [0.1, 0.15) is 5.84 Å². The molecule has 1 fully saturated rings. The first kappa shape index (κ1) is 24.4. The summed E-state index contributed by atoms with van der Waals surface area (Å²) in [7, 11) is 0. The van der Waals surface area contributed by atoms with Crippen LogP contribution in [-0.4, -0.2) is 70.6 Å². The van der Waals surface area contributed by atoms with E-state index in [-0.39, 0.29) is 44.3 Å². The zero-order chi connectivity index (χ0) is 24.8. The third kappa shape index (κ3) is 5.77. The molecule has 34 heavy (non-hydrogen) atoms. The second-order valence-corrected chi connectivity index (χ2v) is 8.06. The number of hydrogen-bond acceptors (Lipinski definition) is 5. The van der Waals surface area contributed by atoms with E-state index in [1.54, 1.807) is 36.4 Å². The van der Waals surface area contributed by atoms with Crippen molar-refractivity contribution in [1.29, 1.82) is 5.41 Å². The molecule has 0 bridgehead atoms. The van der Waals surface area contributed by atoms with Crippen molar-refractivity contribution in [1.82, 2.24) is 15.1 Å². The quantitative estimate of drug-likeness (QED) is 0.245. The summed E-state index contributed by atoms with van der Waals surface area (Å²) >= 11 is 0. The number of benzene rings is 2. The Morgan fingerprint density at radius 2 is 1.65 bits per heavy atom. The van der Waals surface area contributed by atoms with Crippen LogP contribution >= 0.6 is 0 Å². The Bertz CT molecular complexity index is 1100. The molecule has 1 atom stereocenters. The zero-order valence-electron chi connectivity index (χ0n) is 18.8. The predicted molar refractivity (Wildman–Crippen MR) is 124 cm³/mol. The lowest BCUT2D eigenvalue weighted by Gasteiger charge is -2.38. The SMILES string of the molecule is Cc1ccc(C(CC(=O)O)N2CCN(CCNC(=O)c3ccc(C(=N)N)cc3)C(=O)C2=O)cc1. The number of carboxylic acids is 1. The monoisotopic (exact) mass is 465 g/mol. The van der Waals surface area contributed by atoms with Gasteiger partial charge in [0.25, 0.3) is 5.91 Å². The molecule has 2 aromatic carbocycles. The fraction of sp³-hybridized carbons (Fsp3) is 0.292. The van der Waals surface area contributed by atoms with Crippen LogP contribution < -0.4 is 11.1 Å². The van der Waals surface area contributed by atoms with Gasteiger partial charge in [0.15, 0.2) is 0 Å². The summed E-state index contributed by atoms with van der Waals surface area (Å²) in [6, 6.07) is 12.7. The molecule has 3 amide bonds. The van der Waals surface area contributed by atoms with Gasteiger partial charge in [-0.1, -0.05) is 42.0 Å². The first-order valence-corrected chi connectivity index (χ1v) is 10.8. The average molecular weight is 466 g/mol. The fourth-order valence-electron chi connectivity index (χ4n) is 3.77. The van der Waals surface area contributed by atoms with Crippen LogP contribution in [0.25, 0.3) is 0 Å². The summed E-state index contributed by atoms with van der Waals surface area (Å²) in [4.78, 5) is 51.9. The third-order valence-electron chi connectivity index (χ3n) is 5.67. The molecule has 0 saturated carbocycles. The smallest absolute Gasteiger partial charge is 0.312 e. The molecule has 1 aliphatic heterocycles. The van der Waals surface area contributed by atoms with Gasteiger partial charge in [-0.15, -0.1) is 0 Å². The highest BCUT2D eigenvalue weighted by molar-refractivity contribution is 6.35. The van der Waals surface area contributed by atoms with E-state index in [1.165, 1.54) is 9.80 Å². The van der Waals surface area contributed by atoms with Gasteiger partial charge in [0.2, 0.25) is 0 Å². The van der Waals surface area contributed by atoms with Crippen molar-refractivity contribution in [2.75, 3.05) is 26.2 Å². The summed E-state index contributed by atoms with van der Waals surface area (Å²) in [5, 5.41) is 19.4. The first-order valence-electron chi connectivity index (χ1n) is 10.8. The molecule has 0 aromatic heterocycles. The second-order valence-electron chi connectivity index (χ2n) is 8.06. The molecule has 5 N–H and O–H groups in total. The highest BCUT2D eigenvalue weighted by Crippen LogP contribution is 2.27. The molecule has 0 radical (unpaired) electrons. The Morgan fingerprint density at radius 1 is 1.03 bits per heavy atom. The number of nitrogens with two attached hydrogens (primary N) is 1. The van der Waals surface area contributed by atoms with E-state index in [0.29, 0.717) is 16.7 Å². The Morgan fingerprint density at radius 3 is 2.24 bits per heavy atom. The third-order valence-corrected chi connectivity index (χ3v) is 5.67. The van der Waals surface area contributed by atoms with Crippen LogP contribution in [-0.2, 0) is 14.4 Å². The number of hydrogen-bond donors (Lipinski definition) is 4. The topological polar surface area (TPSA) is 157 Å². The van der Waals surface area contributed by atoms with Crippen molar-refractivity contribution in [3.05, 3.63) is 70.8 Å². The summed E-state index contributed by atoms with van der Waals surface area (Å²) in [6.45, 7) is 2.61. The highest BCUT2D eigenvalue weighted by Gasteiger charge is 2.37. The average Bonchev–Trinajstić information content (AvgIpc) is 2.81. The number of carbonyl (C=O) groups excluding carboxylic acids is 3. The summed E-state index contributed by atoms with van der Waals surface area (Å²) in [6.07, 6.45) is -0.305. The Kier molecular flexibility index (Phi) is 7.62. The Balaban J connectivity index is 1.59. The van der Waals surface area contributed by atoms with Crippen LogP contribution in [0.1, 0.15) is 39.5 Å². The van der Waals surface area contributed by atoms with Crippen LogP contribution in [0.3, 0.4) is 0 Å². The normalized spacial score (nSPS) is 14.6. The van der Waals surface area contributed by atoms with Crippen molar-refractivity contribution in [3.8, 4) is 0 Å². The summed E-state index contributed by atoms with van der Waals surface area (Å²) < 4.78 is 0. The molecule has 1 unspecified atom stereocenters. The number of amidine groups is 1. The lowest BCUT2D eigenvalue weighted by Crippen LogP contribution is -2.56. The van der Waals surface area contributed by atoms with Gasteiger partial charge in [-0.25, -0.2) is 0 Å². The highest BCUT2D eigenvalue weighted by atomic mass is 16.4. The molecule has 2 aromatic rings. The first-order chi connectivity index (χ1) is 16.2. The molecular formula is C24H27N5O5. The number of carbonyl (C=O) groups is 4. The summed E-state index contributed by atoms with van der Waals surface area (Å²) in [5.74, 6) is -3.00. The van der Waals surface area contributed by atoms with Crippen molar-refractivity contribution < 1.29 is 24.3 Å². The van der Waals surface area contributed by atoms with Crippen molar-refractivity contribution in [2.24, 2.45) is 5.73 Å². The second kappa shape index (κ2) is 10.6. The molecule has 10 nitrogen and oxygen atoms in total. The molecule has 1 saturated heterocycles. The number of aliphatic carboxylic acids is 1. The lowest BCUT2D eigenvalue weighted by molar-refractivity contribution is -0.159. The number of nitrogens with one attached hydrogen (secondary N) is 2. The van der Waals surface area contributed by atoms with E-state index in [2.05, 4.69) is 5.32 Å². The van der Waals surface area contributed by atoms with Crippen molar-refractivity contribution in [3.63, 3.8) is 0 Å². The number of piperazine rings is 1. The molecule has 0 aliphatic carbocycles. The van der Waals surface area contributed by atoms with E-state index in [0.717, 1.165) is 5.56 Å². The van der Waals surface area contributed by atoms with E-state index in [1.807, 2.05) is 19.1 Å². The molecule has 1 heterocycles.